The predicted octanol–water partition coefficient (Wildman–Crippen LogP) is 3.30. The zero-order valence-electron chi connectivity index (χ0n) is 19.4. The third-order valence-electron chi connectivity index (χ3n) is 7.79. The molecule has 3 heterocycles. The standard InChI is InChI=1S/C26H30N6O2/c1-14(2)30-20-6-5-16-4-3-15(11-19(16)31-20)7-9-26-12-18(26)21(22(33)23(26)34)32-10-8-17-24(27)28-13-29-25(17)32/h3-6,8,10-11,13-14,18,21-23,33-34H,7,9,12H2,1-2H3,(H,30,31)(H2,27,28,29). The van der Waals surface area contributed by atoms with Gasteiger partial charge in [0.2, 0.25) is 0 Å². The highest BCUT2D eigenvalue weighted by atomic mass is 16.3. The van der Waals surface area contributed by atoms with Crippen LogP contribution >= 0.6 is 0 Å². The number of aliphatic hydroxyl groups is 2. The van der Waals surface area contributed by atoms with Gasteiger partial charge in [-0.05, 0) is 68.9 Å². The largest absolute Gasteiger partial charge is 0.390 e. The van der Waals surface area contributed by atoms with Gasteiger partial charge in [-0.2, -0.15) is 0 Å². The van der Waals surface area contributed by atoms with Crippen molar-refractivity contribution in [2.45, 2.75) is 57.4 Å². The molecule has 0 amide bonds. The van der Waals surface area contributed by atoms with Crippen LogP contribution in [0.15, 0.2) is 48.9 Å². The van der Waals surface area contributed by atoms with E-state index in [-0.39, 0.29) is 17.4 Å². The van der Waals surface area contributed by atoms with Crippen molar-refractivity contribution in [1.82, 2.24) is 19.5 Å². The number of nitrogen functional groups attached to an aromatic ring is 1. The Bertz CT molecular complexity index is 1380. The summed E-state index contributed by atoms with van der Waals surface area (Å²) in [6, 6.07) is 12.5. The van der Waals surface area contributed by atoms with Gasteiger partial charge >= 0.3 is 0 Å². The molecule has 2 aliphatic rings. The second-order valence-electron chi connectivity index (χ2n) is 10.2. The first-order valence-electron chi connectivity index (χ1n) is 12.0. The molecule has 2 fully saturated rings. The van der Waals surface area contributed by atoms with Gasteiger partial charge in [-0.1, -0.05) is 12.1 Å². The summed E-state index contributed by atoms with van der Waals surface area (Å²) in [6.45, 7) is 4.20. The van der Waals surface area contributed by atoms with E-state index < -0.39 is 12.2 Å². The van der Waals surface area contributed by atoms with E-state index in [1.54, 1.807) is 0 Å². The fourth-order valence-corrected chi connectivity index (χ4v) is 6.01. The minimum Gasteiger partial charge on any atom is -0.390 e. The molecular formula is C26H30N6O2. The molecular weight excluding hydrogens is 428 g/mol. The Morgan fingerprint density at radius 2 is 2.00 bits per heavy atom. The molecule has 3 aromatic heterocycles. The summed E-state index contributed by atoms with van der Waals surface area (Å²) in [5, 5.41) is 27.3. The molecule has 34 heavy (non-hydrogen) atoms. The number of nitrogens with zero attached hydrogens (tertiary/aromatic N) is 4. The lowest BCUT2D eigenvalue weighted by molar-refractivity contribution is -0.0191. The summed E-state index contributed by atoms with van der Waals surface area (Å²) in [5.41, 5.74) is 8.59. The van der Waals surface area contributed by atoms with E-state index in [0.29, 0.717) is 17.5 Å². The van der Waals surface area contributed by atoms with Gasteiger partial charge in [-0.3, -0.25) is 0 Å². The number of anilines is 2. The second kappa shape index (κ2) is 7.65. The van der Waals surface area contributed by atoms with Gasteiger partial charge in [-0.25, -0.2) is 15.0 Å². The molecule has 176 valence electrons. The topological polar surface area (TPSA) is 122 Å². The molecule has 0 spiro atoms. The summed E-state index contributed by atoms with van der Waals surface area (Å²) in [7, 11) is 0. The first-order chi connectivity index (χ1) is 16.4. The Hall–Kier alpha value is -3.23. The van der Waals surface area contributed by atoms with Crippen LogP contribution in [0, 0.1) is 11.3 Å². The maximum absolute atomic E-state index is 11.1. The zero-order chi connectivity index (χ0) is 23.6. The lowest BCUT2D eigenvalue weighted by Gasteiger charge is -2.24. The van der Waals surface area contributed by atoms with Crippen molar-refractivity contribution in [2.24, 2.45) is 11.3 Å². The lowest BCUT2D eigenvalue weighted by Crippen LogP contribution is -2.34. The van der Waals surface area contributed by atoms with Gasteiger partial charge in [-0.15, -0.1) is 0 Å². The average Bonchev–Trinajstić information content (AvgIpc) is 3.30. The van der Waals surface area contributed by atoms with Gasteiger partial charge in [0.1, 0.15) is 29.7 Å². The molecule has 0 aliphatic heterocycles. The highest BCUT2D eigenvalue weighted by Gasteiger charge is 2.70. The number of nitrogens with two attached hydrogens (primary N) is 1. The van der Waals surface area contributed by atoms with Crippen molar-refractivity contribution in [1.29, 1.82) is 0 Å². The maximum Gasteiger partial charge on any atom is 0.145 e. The fourth-order valence-electron chi connectivity index (χ4n) is 6.01. The number of hydrogen-bond acceptors (Lipinski definition) is 7. The molecule has 6 rings (SSSR count). The molecule has 0 bridgehead atoms. The number of aliphatic hydroxyl groups excluding tert-OH is 2. The highest BCUT2D eigenvalue weighted by Crippen LogP contribution is 2.69. The molecule has 5 atom stereocenters. The van der Waals surface area contributed by atoms with Crippen LogP contribution in [0.5, 0.6) is 0 Å². The minimum atomic E-state index is -0.839. The predicted molar refractivity (Wildman–Crippen MR) is 132 cm³/mol. The van der Waals surface area contributed by atoms with Crippen LogP contribution in [0.1, 0.15) is 38.3 Å². The summed E-state index contributed by atoms with van der Waals surface area (Å²) < 4.78 is 1.98. The number of hydrogen-bond donors (Lipinski definition) is 4. The minimum absolute atomic E-state index is 0.199. The van der Waals surface area contributed by atoms with E-state index >= 15 is 0 Å². The van der Waals surface area contributed by atoms with Crippen molar-refractivity contribution < 1.29 is 10.2 Å². The summed E-state index contributed by atoms with van der Waals surface area (Å²) in [6.07, 6.45) is 4.29. The number of fused-ring (bicyclic) bond motifs is 3. The monoisotopic (exact) mass is 458 g/mol. The maximum atomic E-state index is 11.1. The van der Waals surface area contributed by atoms with Crippen molar-refractivity contribution in [3.8, 4) is 0 Å². The number of pyridine rings is 1. The molecule has 4 aromatic rings. The first-order valence-corrected chi connectivity index (χ1v) is 12.0. The van der Waals surface area contributed by atoms with Crippen LogP contribution in [-0.2, 0) is 6.42 Å². The van der Waals surface area contributed by atoms with Crippen LogP contribution in [0.3, 0.4) is 0 Å². The number of rotatable bonds is 6. The number of aromatic nitrogens is 4. The van der Waals surface area contributed by atoms with Crippen molar-refractivity contribution in [3.63, 3.8) is 0 Å². The Balaban J connectivity index is 1.23. The Labute approximate surface area is 197 Å². The normalized spacial score (nSPS) is 28.0. The fraction of sp³-hybridized carbons (Fsp3) is 0.423. The van der Waals surface area contributed by atoms with E-state index in [0.717, 1.165) is 41.4 Å². The van der Waals surface area contributed by atoms with Gasteiger partial charge in [0.05, 0.1) is 23.0 Å². The Morgan fingerprint density at radius 3 is 2.82 bits per heavy atom. The van der Waals surface area contributed by atoms with Crippen molar-refractivity contribution in [2.75, 3.05) is 11.1 Å². The van der Waals surface area contributed by atoms with Crippen LogP contribution in [0.4, 0.5) is 11.6 Å². The van der Waals surface area contributed by atoms with Gasteiger partial charge < -0.3 is 25.8 Å². The van der Waals surface area contributed by atoms with E-state index in [1.165, 1.54) is 11.9 Å². The molecule has 0 radical (unpaired) electrons. The summed E-state index contributed by atoms with van der Waals surface area (Å²) >= 11 is 0. The third kappa shape index (κ3) is 3.24. The molecule has 2 saturated carbocycles. The summed E-state index contributed by atoms with van der Waals surface area (Å²) in [4.78, 5) is 13.2. The van der Waals surface area contributed by atoms with Gasteiger partial charge in [0, 0.05) is 23.0 Å². The molecule has 0 saturated heterocycles. The van der Waals surface area contributed by atoms with Crippen molar-refractivity contribution >= 4 is 33.6 Å². The van der Waals surface area contributed by atoms with E-state index in [1.807, 2.05) is 22.9 Å². The number of benzene rings is 1. The van der Waals surface area contributed by atoms with Crippen molar-refractivity contribution in [3.05, 3.63) is 54.5 Å². The SMILES string of the molecule is CC(C)Nc1ccc2ccc(CCC34CC3C(n3ccc5c(N)ncnc53)C(O)C4O)cc2n1. The quantitative estimate of drug-likeness (QED) is 0.350. The van der Waals surface area contributed by atoms with Crippen LogP contribution in [0.25, 0.3) is 21.9 Å². The van der Waals surface area contributed by atoms with E-state index in [9.17, 15) is 10.2 Å². The smallest absolute Gasteiger partial charge is 0.145 e. The lowest BCUT2D eigenvalue weighted by atomic mass is 9.91. The molecule has 8 heteroatoms. The highest BCUT2D eigenvalue weighted by molar-refractivity contribution is 5.86. The molecule has 1 aromatic carbocycles. The molecule has 5 N–H and O–H groups in total. The molecule has 2 aliphatic carbocycles. The van der Waals surface area contributed by atoms with E-state index in [2.05, 4.69) is 53.4 Å². The molecule has 5 unspecified atom stereocenters. The van der Waals surface area contributed by atoms with Gasteiger partial charge in [0.15, 0.2) is 0 Å². The summed E-state index contributed by atoms with van der Waals surface area (Å²) in [5.74, 6) is 1.50. The first kappa shape index (κ1) is 21.3. The van der Waals surface area contributed by atoms with Gasteiger partial charge in [0.25, 0.3) is 0 Å². The average molecular weight is 459 g/mol. The molecule has 8 nitrogen and oxygen atoms in total. The van der Waals surface area contributed by atoms with E-state index in [4.69, 9.17) is 10.7 Å². The Morgan fingerprint density at radius 1 is 1.18 bits per heavy atom. The van der Waals surface area contributed by atoms with Crippen LogP contribution < -0.4 is 11.1 Å². The Kier molecular flexibility index (Phi) is 4.79. The zero-order valence-corrected chi connectivity index (χ0v) is 19.4. The second-order valence-corrected chi connectivity index (χ2v) is 10.2. The van der Waals surface area contributed by atoms with Crippen LogP contribution in [0.2, 0.25) is 0 Å². The third-order valence-corrected chi connectivity index (χ3v) is 7.79. The number of aryl methyl sites for hydroxylation is 1. The van der Waals surface area contributed by atoms with Crippen LogP contribution in [-0.4, -0.2) is 48.0 Å². The number of nitrogens with one attached hydrogen (secondary N) is 1.